The number of aromatic amines is 1. The lowest BCUT2D eigenvalue weighted by atomic mass is 10.1. The normalized spacial score (nSPS) is 11.8. The van der Waals surface area contributed by atoms with Crippen LogP contribution in [0.3, 0.4) is 0 Å². The summed E-state index contributed by atoms with van der Waals surface area (Å²) >= 11 is 7.57. The van der Waals surface area contributed by atoms with Crippen LogP contribution < -0.4 is 0 Å². The molecule has 3 aromatic heterocycles. The molecule has 4 nitrogen and oxygen atoms in total. The fourth-order valence-electron chi connectivity index (χ4n) is 3.30. The van der Waals surface area contributed by atoms with Crippen molar-refractivity contribution in [2.45, 2.75) is 0 Å². The van der Waals surface area contributed by atoms with Crippen molar-refractivity contribution < 1.29 is 4.79 Å². The van der Waals surface area contributed by atoms with Gasteiger partial charge in [-0.05, 0) is 30.4 Å². The number of carbonyl (C=O) groups excluding carboxylic acids is 1. The predicted octanol–water partition coefficient (Wildman–Crippen LogP) is 6.09. The molecule has 2 aromatic carbocycles. The monoisotopic (exact) mass is 403 g/mol. The minimum absolute atomic E-state index is 0.0512. The molecule has 28 heavy (non-hydrogen) atoms. The van der Waals surface area contributed by atoms with Crippen LogP contribution in [0, 0.1) is 0 Å². The molecule has 0 fully saturated rings. The van der Waals surface area contributed by atoms with E-state index in [0.717, 1.165) is 32.8 Å². The van der Waals surface area contributed by atoms with Crippen LogP contribution in [-0.4, -0.2) is 20.2 Å². The third-order valence-electron chi connectivity index (χ3n) is 4.66. The molecule has 0 unspecified atom stereocenters. The van der Waals surface area contributed by atoms with E-state index < -0.39 is 0 Å². The lowest BCUT2D eigenvalue weighted by Gasteiger charge is -2.01. The quantitative estimate of drug-likeness (QED) is 0.291. The van der Waals surface area contributed by atoms with Gasteiger partial charge in [0.1, 0.15) is 0 Å². The Kier molecular flexibility index (Phi) is 4.11. The van der Waals surface area contributed by atoms with E-state index in [2.05, 4.69) is 4.98 Å². The number of thiazole rings is 1. The first-order valence-corrected chi connectivity index (χ1v) is 9.96. The molecule has 0 radical (unpaired) electrons. The summed E-state index contributed by atoms with van der Waals surface area (Å²) in [6, 6.07) is 15.3. The number of nitrogens with one attached hydrogen (secondary N) is 1. The van der Waals surface area contributed by atoms with Crippen molar-refractivity contribution in [2.24, 2.45) is 0 Å². The number of hydrogen-bond acceptors (Lipinski definition) is 3. The zero-order chi connectivity index (χ0) is 19.1. The molecule has 0 aliphatic carbocycles. The summed E-state index contributed by atoms with van der Waals surface area (Å²) < 4.78 is 1.99. The van der Waals surface area contributed by atoms with Crippen molar-refractivity contribution in [2.75, 3.05) is 0 Å². The van der Waals surface area contributed by atoms with Crippen molar-refractivity contribution in [3.05, 3.63) is 88.7 Å². The van der Waals surface area contributed by atoms with E-state index in [4.69, 9.17) is 16.6 Å². The number of allylic oxidation sites excluding steroid dienone is 1. The molecule has 0 aliphatic heterocycles. The largest absolute Gasteiger partial charge is 0.360 e. The third kappa shape index (κ3) is 2.85. The van der Waals surface area contributed by atoms with Gasteiger partial charge in [0.15, 0.2) is 10.7 Å². The molecule has 0 amide bonds. The van der Waals surface area contributed by atoms with Gasteiger partial charge < -0.3 is 4.98 Å². The Morgan fingerprint density at radius 2 is 1.96 bits per heavy atom. The number of aromatic nitrogens is 3. The molecule has 0 bridgehead atoms. The zero-order valence-electron chi connectivity index (χ0n) is 14.6. The predicted molar refractivity (Wildman–Crippen MR) is 115 cm³/mol. The Hall–Kier alpha value is -3.15. The smallest absolute Gasteiger partial charge is 0.194 e. The summed E-state index contributed by atoms with van der Waals surface area (Å²) in [5, 5.41) is 3.58. The summed E-state index contributed by atoms with van der Waals surface area (Å²) in [5.74, 6) is -0.0512. The van der Waals surface area contributed by atoms with E-state index >= 15 is 0 Å². The summed E-state index contributed by atoms with van der Waals surface area (Å²) in [7, 11) is 0. The van der Waals surface area contributed by atoms with E-state index in [1.807, 2.05) is 70.6 Å². The Balaban J connectivity index is 1.57. The highest BCUT2D eigenvalue weighted by molar-refractivity contribution is 7.15. The zero-order valence-corrected chi connectivity index (χ0v) is 16.2. The third-order valence-corrected chi connectivity index (χ3v) is 5.67. The van der Waals surface area contributed by atoms with Crippen molar-refractivity contribution in [1.29, 1.82) is 0 Å². The van der Waals surface area contributed by atoms with Crippen molar-refractivity contribution in [3.8, 4) is 11.3 Å². The van der Waals surface area contributed by atoms with Crippen LogP contribution in [0.15, 0.2) is 72.4 Å². The first-order chi connectivity index (χ1) is 13.7. The number of H-pyrrole nitrogens is 1. The van der Waals surface area contributed by atoms with Crippen LogP contribution in [0.4, 0.5) is 0 Å². The number of benzene rings is 2. The van der Waals surface area contributed by atoms with Crippen LogP contribution >= 0.6 is 22.9 Å². The number of fused-ring (bicyclic) bond motifs is 2. The average molecular weight is 404 g/mol. The molecule has 0 atom stereocenters. The molecule has 0 aliphatic rings. The van der Waals surface area contributed by atoms with Crippen molar-refractivity contribution >= 4 is 50.7 Å². The molecule has 0 saturated carbocycles. The second kappa shape index (κ2) is 6.78. The minimum atomic E-state index is -0.0512. The molecule has 0 saturated heterocycles. The average Bonchev–Trinajstić information content (AvgIpc) is 3.41. The lowest BCUT2D eigenvalue weighted by molar-refractivity contribution is 0.104. The van der Waals surface area contributed by atoms with Crippen molar-refractivity contribution in [1.82, 2.24) is 14.4 Å². The number of imidazole rings is 1. The van der Waals surface area contributed by atoms with Crippen molar-refractivity contribution in [3.63, 3.8) is 0 Å². The molecule has 5 aromatic rings. The summed E-state index contributed by atoms with van der Waals surface area (Å²) in [4.78, 5) is 21.6. The van der Waals surface area contributed by atoms with Crippen LogP contribution in [0.25, 0.3) is 33.2 Å². The van der Waals surface area contributed by atoms with E-state index in [-0.39, 0.29) is 5.78 Å². The van der Waals surface area contributed by atoms with Crippen LogP contribution in [0.2, 0.25) is 5.02 Å². The van der Waals surface area contributed by atoms with Gasteiger partial charge in [-0.3, -0.25) is 9.20 Å². The maximum absolute atomic E-state index is 12.8. The first-order valence-electron chi connectivity index (χ1n) is 8.71. The van der Waals surface area contributed by atoms with Gasteiger partial charge in [-0.15, -0.1) is 11.3 Å². The van der Waals surface area contributed by atoms with Gasteiger partial charge in [-0.25, -0.2) is 4.98 Å². The number of rotatable bonds is 4. The molecule has 1 N–H and O–H groups in total. The molecule has 6 heteroatoms. The number of ketones is 1. The maximum Gasteiger partial charge on any atom is 0.194 e. The number of halogens is 1. The molecule has 136 valence electrons. The fraction of sp³-hybridized carbons (Fsp3) is 0. The standard InChI is InChI=1S/C22H14ClN3OS/c23-15-7-5-14(6-8-15)21-19(26-11-12-28-22(26)25-21)9-10-20(27)17-13-24-18-4-2-1-3-16(17)18/h1-13,24H/b10-9+. The summed E-state index contributed by atoms with van der Waals surface area (Å²) in [6.45, 7) is 0. The van der Waals surface area contributed by atoms with Crippen LogP contribution in [0.1, 0.15) is 16.1 Å². The SMILES string of the molecule is O=C(/C=C/c1c(-c2ccc(Cl)cc2)nc2sccn12)c1c[nH]c2ccccc12. The van der Waals surface area contributed by atoms with Gasteiger partial charge in [0, 0.05) is 44.8 Å². The second-order valence-corrected chi connectivity index (χ2v) is 7.66. The summed E-state index contributed by atoms with van der Waals surface area (Å²) in [6.07, 6.45) is 7.16. The Labute approximate surface area is 169 Å². The Morgan fingerprint density at radius 1 is 1.14 bits per heavy atom. The topological polar surface area (TPSA) is 50.2 Å². The van der Waals surface area contributed by atoms with Gasteiger partial charge in [-0.1, -0.05) is 41.9 Å². The van der Waals surface area contributed by atoms with Crippen LogP contribution in [0.5, 0.6) is 0 Å². The highest BCUT2D eigenvalue weighted by Gasteiger charge is 2.14. The number of nitrogens with zero attached hydrogens (tertiary/aromatic N) is 2. The second-order valence-electron chi connectivity index (χ2n) is 6.35. The number of carbonyl (C=O) groups is 1. The molecule has 5 rings (SSSR count). The van der Waals surface area contributed by atoms with Gasteiger partial charge in [0.05, 0.1) is 11.4 Å². The van der Waals surface area contributed by atoms with E-state index in [1.165, 1.54) is 0 Å². The Bertz CT molecular complexity index is 1340. The molecular weight excluding hydrogens is 390 g/mol. The van der Waals surface area contributed by atoms with E-state index in [0.29, 0.717) is 10.6 Å². The van der Waals surface area contributed by atoms with E-state index in [9.17, 15) is 4.79 Å². The van der Waals surface area contributed by atoms with Gasteiger partial charge in [0.25, 0.3) is 0 Å². The number of para-hydroxylation sites is 1. The Morgan fingerprint density at radius 3 is 2.82 bits per heavy atom. The molecular formula is C22H14ClN3OS. The minimum Gasteiger partial charge on any atom is -0.360 e. The van der Waals surface area contributed by atoms with E-state index in [1.54, 1.807) is 23.6 Å². The lowest BCUT2D eigenvalue weighted by Crippen LogP contribution is -1.93. The fourth-order valence-corrected chi connectivity index (χ4v) is 4.15. The van der Waals surface area contributed by atoms with Crippen LogP contribution in [-0.2, 0) is 0 Å². The van der Waals surface area contributed by atoms with Gasteiger partial charge >= 0.3 is 0 Å². The maximum atomic E-state index is 12.8. The highest BCUT2D eigenvalue weighted by Crippen LogP contribution is 2.29. The van der Waals surface area contributed by atoms with Gasteiger partial charge in [0.2, 0.25) is 0 Å². The highest BCUT2D eigenvalue weighted by atomic mass is 35.5. The molecule has 3 heterocycles. The summed E-state index contributed by atoms with van der Waals surface area (Å²) in [5.41, 5.74) is 4.26. The number of hydrogen-bond donors (Lipinski definition) is 1. The molecule has 0 spiro atoms. The first kappa shape index (κ1) is 17.0. The van der Waals surface area contributed by atoms with Gasteiger partial charge in [-0.2, -0.15) is 0 Å².